The van der Waals surface area contributed by atoms with Gasteiger partial charge in [0.2, 0.25) is 0 Å². The summed E-state index contributed by atoms with van der Waals surface area (Å²) in [4.78, 5) is 11.6. The summed E-state index contributed by atoms with van der Waals surface area (Å²) in [6, 6.07) is 0. The average Bonchev–Trinajstić information content (AvgIpc) is 2.73. The Kier molecular flexibility index (Phi) is 19.7. The quantitative estimate of drug-likeness (QED) is 0.137. The molecule has 4 N–H and O–H groups in total. The van der Waals surface area contributed by atoms with Crippen molar-refractivity contribution in [1.82, 2.24) is 0 Å². The number of rotatable bonds is 20. The van der Waals surface area contributed by atoms with E-state index in [9.17, 15) is 20.1 Å². The van der Waals surface area contributed by atoms with E-state index in [4.69, 9.17) is 9.84 Å². The molecule has 6 nitrogen and oxygen atoms in total. The van der Waals surface area contributed by atoms with Crippen molar-refractivity contribution < 1.29 is 30.0 Å². The molecule has 3 atom stereocenters. The molecule has 0 rings (SSSR count). The highest BCUT2D eigenvalue weighted by Gasteiger charge is 2.25. The highest BCUT2D eigenvalue weighted by Crippen LogP contribution is 2.10. The normalized spacial score (nSPS) is 14.8. The van der Waals surface area contributed by atoms with Crippen molar-refractivity contribution >= 4 is 5.97 Å². The Bertz CT molecular complexity index is 399. The third-order valence-corrected chi connectivity index (χ3v) is 5.03. The monoisotopic (exact) mass is 416 g/mol. The maximum atomic E-state index is 11.6. The summed E-state index contributed by atoms with van der Waals surface area (Å²) in [6.07, 6.45) is 16.0. The van der Waals surface area contributed by atoms with Gasteiger partial charge in [0.15, 0.2) is 0 Å². The largest absolute Gasteiger partial charge is 0.463 e. The third kappa shape index (κ3) is 17.6. The van der Waals surface area contributed by atoms with Crippen molar-refractivity contribution in [2.75, 3.05) is 13.2 Å². The second-order valence-electron chi connectivity index (χ2n) is 7.83. The third-order valence-electron chi connectivity index (χ3n) is 5.03. The van der Waals surface area contributed by atoms with Crippen molar-refractivity contribution in [3.05, 3.63) is 12.2 Å². The molecule has 0 aromatic heterocycles. The summed E-state index contributed by atoms with van der Waals surface area (Å²) in [6.45, 7) is 1.19. The number of aliphatic hydroxyl groups excluding tert-OH is 4. The molecule has 0 saturated carbocycles. The molecule has 0 unspecified atom stereocenters. The van der Waals surface area contributed by atoms with Gasteiger partial charge in [0.05, 0.1) is 6.61 Å². The molecule has 0 aromatic rings. The molecule has 0 amide bonds. The van der Waals surface area contributed by atoms with Gasteiger partial charge in [0, 0.05) is 6.42 Å². The molecule has 0 heterocycles. The molecule has 0 aromatic carbocycles. The number of hydrogen-bond acceptors (Lipinski definition) is 6. The van der Waals surface area contributed by atoms with Gasteiger partial charge < -0.3 is 25.2 Å². The molecule has 0 spiro atoms. The fourth-order valence-electron chi connectivity index (χ4n) is 3.05. The fraction of sp³-hybridized carbons (Fsp3) is 0.870. The lowest BCUT2D eigenvalue weighted by molar-refractivity contribution is -0.152. The number of aliphatic hydroxyl groups is 4. The first-order valence-corrected chi connectivity index (χ1v) is 11.5. The standard InChI is InChI=1S/C23H44O6/c1-2-3-4-5-6-7-8-9-10-11-12-13-14-15-16-17-22(27)29-19-21(26)23(28)20(25)18-24/h9-10,20-21,23-26,28H,2-8,11-19H2,1H3/t20-,21+,23+/m1/s1. The summed E-state index contributed by atoms with van der Waals surface area (Å²) < 4.78 is 4.89. The Morgan fingerprint density at radius 2 is 1.31 bits per heavy atom. The molecule has 172 valence electrons. The minimum Gasteiger partial charge on any atom is -0.463 e. The fourth-order valence-corrected chi connectivity index (χ4v) is 3.05. The number of esters is 1. The topological polar surface area (TPSA) is 107 Å². The van der Waals surface area contributed by atoms with Crippen LogP contribution in [0.5, 0.6) is 0 Å². The second kappa shape index (κ2) is 20.3. The zero-order chi connectivity index (χ0) is 21.7. The number of carbonyl (C=O) groups excluding carboxylic acids is 1. The van der Waals surface area contributed by atoms with E-state index in [1.165, 1.54) is 51.4 Å². The summed E-state index contributed by atoms with van der Waals surface area (Å²) in [5.41, 5.74) is 0. The predicted octanol–water partition coefficient (Wildman–Crippen LogP) is 3.64. The first-order valence-electron chi connectivity index (χ1n) is 11.5. The van der Waals surface area contributed by atoms with Crippen LogP contribution in [0.4, 0.5) is 0 Å². The van der Waals surface area contributed by atoms with Gasteiger partial charge in [-0.05, 0) is 32.1 Å². The molecule has 0 aliphatic carbocycles. The highest BCUT2D eigenvalue weighted by atomic mass is 16.5. The van der Waals surface area contributed by atoms with E-state index in [2.05, 4.69) is 19.1 Å². The van der Waals surface area contributed by atoms with Gasteiger partial charge in [0.25, 0.3) is 0 Å². The molecular formula is C23H44O6. The van der Waals surface area contributed by atoms with Crippen LogP contribution in [0.1, 0.15) is 96.8 Å². The number of hydrogen-bond donors (Lipinski definition) is 4. The van der Waals surface area contributed by atoms with E-state index in [0.717, 1.165) is 32.1 Å². The summed E-state index contributed by atoms with van der Waals surface area (Å²) in [5.74, 6) is -0.424. The van der Waals surface area contributed by atoms with Crippen LogP contribution in [0.2, 0.25) is 0 Å². The van der Waals surface area contributed by atoms with Crippen LogP contribution in [0.3, 0.4) is 0 Å². The zero-order valence-corrected chi connectivity index (χ0v) is 18.3. The van der Waals surface area contributed by atoms with Crippen LogP contribution in [-0.4, -0.2) is 57.9 Å². The first-order chi connectivity index (χ1) is 14.0. The molecular weight excluding hydrogens is 372 g/mol. The van der Waals surface area contributed by atoms with E-state index < -0.39 is 30.9 Å². The van der Waals surface area contributed by atoms with Crippen LogP contribution in [-0.2, 0) is 9.53 Å². The number of unbranched alkanes of at least 4 members (excludes halogenated alkanes) is 11. The SMILES string of the molecule is CCCCCCCCC=CCCCCCCCC(=O)OC[C@H](O)[C@@H](O)[C@H](O)CO. The Balaban J connectivity index is 3.43. The molecule has 0 fully saturated rings. The lowest BCUT2D eigenvalue weighted by Crippen LogP contribution is -2.42. The van der Waals surface area contributed by atoms with Crippen molar-refractivity contribution in [1.29, 1.82) is 0 Å². The molecule has 0 aliphatic heterocycles. The van der Waals surface area contributed by atoms with E-state index >= 15 is 0 Å². The minimum atomic E-state index is -1.53. The van der Waals surface area contributed by atoms with Crippen LogP contribution in [0.25, 0.3) is 0 Å². The number of allylic oxidation sites excluding steroid dienone is 2. The second-order valence-corrected chi connectivity index (χ2v) is 7.83. The maximum absolute atomic E-state index is 11.6. The van der Waals surface area contributed by atoms with Crippen LogP contribution in [0, 0.1) is 0 Å². The molecule has 6 heteroatoms. The highest BCUT2D eigenvalue weighted by molar-refractivity contribution is 5.69. The Labute approximate surface area is 177 Å². The summed E-state index contributed by atoms with van der Waals surface area (Å²) in [5, 5.41) is 36.9. The van der Waals surface area contributed by atoms with Crippen molar-refractivity contribution in [3.8, 4) is 0 Å². The van der Waals surface area contributed by atoms with Gasteiger partial charge in [-0.25, -0.2) is 0 Å². The molecule has 29 heavy (non-hydrogen) atoms. The van der Waals surface area contributed by atoms with E-state index in [1.807, 2.05) is 0 Å². The summed E-state index contributed by atoms with van der Waals surface area (Å²) in [7, 11) is 0. The Hall–Kier alpha value is -0.950. The van der Waals surface area contributed by atoms with E-state index in [0.29, 0.717) is 0 Å². The molecule has 0 radical (unpaired) electrons. The lowest BCUT2D eigenvalue weighted by atomic mass is 10.1. The minimum absolute atomic E-state index is 0.281. The average molecular weight is 417 g/mol. The Morgan fingerprint density at radius 3 is 1.86 bits per heavy atom. The van der Waals surface area contributed by atoms with E-state index in [1.54, 1.807) is 0 Å². The Morgan fingerprint density at radius 1 is 0.793 bits per heavy atom. The maximum Gasteiger partial charge on any atom is 0.305 e. The lowest BCUT2D eigenvalue weighted by Gasteiger charge is -2.21. The van der Waals surface area contributed by atoms with Gasteiger partial charge >= 0.3 is 5.97 Å². The van der Waals surface area contributed by atoms with Gasteiger partial charge in [-0.1, -0.05) is 70.4 Å². The van der Waals surface area contributed by atoms with E-state index in [-0.39, 0.29) is 13.0 Å². The van der Waals surface area contributed by atoms with Gasteiger partial charge in [0.1, 0.15) is 24.9 Å². The zero-order valence-electron chi connectivity index (χ0n) is 18.3. The van der Waals surface area contributed by atoms with Crippen LogP contribution < -0.4 is 0 Å². The predicted molar refractivity (Wildman–Crippen MR) is 116 cm³/mol. The first kappa shape index (κ1) is 28.1. The summed E-state index contributed by atoms with van der Waals surface area (Å²) >= 11 is 0. The number of carbonyl (C=O) groups is 1. The van der Waals surface area contributed by atoms with Gasteiger partial charge in [-0.2, -0.15) is 0 Å². The van der Waals surface area contributed by atoms with Gasteiger partial charge in [-0.3, -0.25) is 4.79 Å². The number of ether oxygens (including phenoxy) is 1. The smallest absolute Gasteiger partial charge is 0.305 e. The molecule has 0 saturated heterocycles. The van der Waals surface area contributed by atoms with Crippen molar-refractivity contribution in [2.45, 2.75) is 115 Å². The molecule has 0 aliphatic rings. The van der Waals surface area contributed by atoms with Crippen LogP contribution >= 0.6 is 0 Å². The molecule has 0 bridgehead atoms. The van der Waals surface area contributed by atoms with Crippen molar-refractivity contribution in [2.24, 2.45) is 0 Å². The van der Waals surface area contributed by atoms with Gasteiger partial charge in [-0.15, -0.1) is 0 Å². The van der Waals surface area contributed by atoms with Crippen molar-refractivity contribution in [3.63, 3.8) is 0 Å². The van der Waals surface area contributed by atoms with Crippen LogP contribution in [0.15, 0.2) is 12.2 Å².